The SMILES string of the molecule is COC(=O)C(Sc1ncnc2c1cnn2C)c1ccsc1. The van der Waals surface area contributed by atoms with Crippen molar-refractivity contribution in [2.24, 2.45) is 7.05 Å². The van der Waals surface area contributed by atoms with Crippen LogP contribution in [-0.4, -0.2) is 32.8 Å². The molecule has 0 spiro atoms. The summed E-state index contributed by atoms with van der Waals surface area (Å²) in [6, 6.07) is 1.92. The van der Waals surface area contributed by atoms with E-state index in [1.807, 2.05) is 23.9 Å². The van der Waals surface area contributed by atoms with Crippen LogP contribution in [0.15, 0.2) is 34.4 Å². The Morgan fingerprint density at radius 3 is 3.05 bits per heavy atom. The Balaban J connectivity index is 2.00. The van der Waals surface area contributed by atoms with Gasteiger partial charge in [0.1, 0.15) is 16.6 Å². The van der Waals surface area contributed by atoms with E-state index >= 15 is 0 Å². The summed E-state index contributed by atoms with van der Waals surface area (Å²) in [6.07, 6.45) is 3.19. The maximum Gasteiger partial charge on any atom is 0.323 e. The lowest BCUT2D eigenvalue weighted by atomic mass is 10.2. The molecule has 8 heteroatoms. The number of carbonyl (C=O) groups excluding carboxylic acids is 1. The smallest absolute Gasteiger partial charge is 0.323 e. The highest BCUT2D eigenvalue weighted by Gasteiger charge is 2.25. The summed E-state index contributed by atoms with van der Waals surface area (Å²) < 4.78 is 6.59. The fourth-order valence-electron chi connectivity index (χ4n) is 1.93. The molecule has 0 aliphatic carbocycles. The molecule has 3 heterocycles. The van der Waals surface area contributed by atoms with Gasteiger partial charge >= 0.3 is 5.97 Å². The summed E-state index contributed by atoms with van der Waals surface area (Å²) in [5.74, 6) is -0.297. The summed E-state index contributed by atoms with van der Waals surface area (Å²) in [5.41, 5.74) is 1.65. The monoisotopic (exact) mass is 320 g/mol. The van der Waals surface area contributed by atoms with Crippen molar-refractivity contribution in [2.75, 3.05) is 7.11 Å². The van der Waals surface area contributed by atoms with Gasteiger partial charge in [-0.1, -0.05) is 11.8 Å². The van der Waals surface area contributed by atoms with E-state index < -0.39 is 5.25 Å². The number of aromatic nitrogens is 4. The normalized spacial score (nSPS) is 12.5. The second kappa shape index (κ2) is 5.82. The second-order valence-corrected chi connectivity index (χ2v) is 6.14. The Hall–Kier alpha value is -1.93. The van der Waals surface area contributed by atoms with Crippen LogP contribution in [0.2, 0.25) is 0 Å². The van der Waals surface area contributed by atoms with Crippen LogP contribution in [0.5, 0.6) is 0 Å². The molecule has 0 aliphatic rings. The average Bonchev–Trinajstić information content (AvgIpc) is 3.15. The van der Waals surface area contributed by atoms with Gasteiger partial charge in [-0.2, -0.15) is 16.4 Å². The van der Waals surface area contributed by atoms with E-state index in [4.69, 9.17) is 4.74 Å². The van der Waals surface area contributed by atoms with Gasteiger partial charge in [-0.15, -0.1) is 0 Å². The second-order valence-electron chi connectivity index (χ2n) is 4.26. The van der Waals surface area contributed by atoms with Crippen LogP contribution in [0, 0.1) is 0 Å². The molecule has 1 atom stereocenters. The highest BCUT2D eigenvalue weighted by Crippen LogP contribution is 2.38. The quantitative estimate of drug-likeness (QED) is 0.418. The number of hydrogen-bond donors (Lipinski definition) is 0. The average molecular weight is 320 g/mol. The number of rotatable bonds is 4. The van der Waals surface area contributed by atoms with Gasteiger partial charge in [0.25, 0.3) is 0 Å². The summed E-state index contributed by atoms with van der Waals surface area (Å²) in [5, 5.41) is 9.16. The van der Waals surface area contributed by atoms with Gasteiger partial charge < -0.3 is 4.74 Å². The largest absolute Gasteiger partial charge is 0.468 e. The molecule has 0 radical (unpaired) electrons. The first-order valence-electron chi connectivity index (χ1n) is 6.10. The van der Waals surface area contributed by atoms with E-state index in [0.717, 1.165) is 21.6 Å². The molecule has 3 rings (SSSR count). The third-order valence-electron chi connectivity index (χ3n) is 2.98. The van der Waals surface area contributed by atoms with Gasteiger partial charge in [-0.3, -0.25) is 9.48 Å². The molecular weight excluding hydrogens is 308 g/mol. The fourth-order valence-corrected chi connectivity index (χ4v) is 3.78. The van der Waals surface area contributed by atoms with Crippen LogP contribution in [0.3, 0.4) is 0 Å². The molecule has 0 aliphatic heterocycles. The van der Waals surface area contributed by atoms with Crippen molar-refractivity contribution >= 4 is 40.1 Å². The van der Waals surface area contributed by atoms with Crippen LogP contribution in [0.4, 0.5) is 0 Å². The first-order chi connectivity index (χ1) is 10.2. The number of esters is 1. The number of thiophene rings is 1. The summed E-state index contributed by atoms with van der Waals surface area (Å²) in [4.78, 5) is 20.5. The van der Waals surface area contributed by atoms with Crippen LogP contribution < -0.4 is 0 Å². The molecular formula is C13H12N4O2S2. The van der Waals surface area contributed by atoms with Crippen molar-refractivity contribution in [3.05, 3.63) is 34.9 Å². The number of ether oxygens (including phenoxy) is 1. The number of hydrogen-bond acceptors (Lipinski definition) is 7. The van der Waals surface area contributed by atoms with Gasteiger partial charge in [-0.05, 0) is 22.4 Å². The molecule has 108 valence electrons. The lowest BCUT2D eigenvalue weighted by molar-refractivity contribution is -0.140. The minimum atomic E-state index is -0.445. The first-order valence-corrected chi connectivity index (χ1v) is 7.92. The summed E-state index contributed by atoms with van der Waals surface area (Å²) >= 11 is 2.89. The van der Waals surface area contributed by atoms with Crippen LogP contribution in [-0.2, 0) is 16.6 Å². The van der Waals surface area contributed by atoms with Crippen molar-refractivity contribution in [3.8, 4) is 0 Å². The molecule has 0 saturated carbocycles. The zero-order valence-electron chi connectivity index (χ0n) is 11.4. The molecule has 6 nitrogen and oxygen atoms in total. The lowest BCUT2D eigenvalue weighted by Gasteiger charge is -2.12. The van der Waals surface area contributed by atoms with Crippen molar-refractivity contribution in [2.45, 2.75) is 10.3 Å². The van der Waals surface area contributed by atoms with Crippen LogP contribution in [0.1, 0.15) is 10.8 Å². The minimum Gasteiger partial charge on any atom is -0.468 e. The van der Waals surface area contributed by atoms with Crippen molar-refractivity contribution in [3.63, 3.8) is 0 Å². The highest BCUT2D eigenvalue weighted by atomic mass is 32.2. The Kier molecular flexibility index (Phi) is 3.89. The van der Waals surface area contributed by atoms with E-state index in [-0.39, 0.29) is 5.97 Å². The topological polar surface area (TPSA) is 69.9 Å². The molecule has 0 bridgehead atoms. The number of carbonyl (C=O) groups is 1. The maximum absolute atomic E-state index is 12.1. The van der Waals surface area contributed by atoms with Gasteiger partial charge in [0.2, 0.25) is 0 Å². The zero-order valence-corrected chi connectivity index (χ0v) is 13.0. The first kappa shape index (κ1) is 14.0. The predicted octanol–water partition coefficient (Wildman–Crippen LogP) is 2.43. The van der Waals surface area contributed by atoms with Crippen molar-refractivity contribution in [1.82, 2.24) is 19.7 Å². The Morgan fingerprint density at radius 1 is 1.48 bits per heavy atom. The molecule has 3 aromatic heterocycles. The van der Waals surface area contributed by atoms with Crippen LogP contribution >= 0.6 is 23.1 Å². The molecule has 1 unspecified atom stereocenters. The highest BCUT2D eigenvalue weighted by molar-refractivity contribution is 8.00. The standard InChI is InChI=1S/C13H12N4O2S2/c1-17-11-9(5-16-17)12(15-7-14-11)21-10(13(18)19-2)8-3-4-20-6-8/h3-7,10H,1-2H3. The van der Waals surface area contributed by atoms with E-state index in [0.29, 0.717) is 0 Å². The maximum atomic E-state index is 12.1. The molecule has 0 saturated heterocycles. The summed E-state index contributed by atoms with van der Waals surface area (Å²) in [7, 11) is 3.21. The predicted molar refractivity (Wildman–Crippen MR) is 81.2 cm³/mol. The third-order valence-corrected chi connectivity index (χ3v) is 4.93. The number of thioether (sulfide) groups is 1. The molecule has 0 amide bonds. The lowest BCUT2D eigenvalue weighted by Crippen LogP contribution is -2.10. The molecule has 21 heavy (non-hydrogen) atoms. The number of fused-ring (bicyclic) bond motifs is 1. The molecule has 0 aromatic carbocycles. The van der Waals surface area contributed by atoms with E-state index in [1.165, 1.54) is 25.2 Å². The van der Waals surface area contributed by atoms with E-state index in [9.17, 15) is 4.79 Å². The Labute approximate surface area is 129 Å². The van der Waals surface area contributed by atoms with E-state index in [2.05, 4.69) is 15.1 Å². The van der Waals surface area contributed by atoms with Crippen molar-refractivity contribution < 1.29 is 9.53 Å². The molecule has 0 N–H and O–H groups in total. The van der Waals surface area contributed by atoms with Gasteiger partial charge in [0, 0.05) is 7.05 Å². The zero-order chi connectivity index (χ0) is 14.8. The van der Waals surface area contributed by atoms with Gasteiger partial charge in [-0.25, -0.2) is 9.97 Å². The third kappa shape index (κ3) is 2.64. The van der Waals surface area contributed by atoms with E-state index in [1.54, 1.807) is 22.2 Å². The van der Waals surface area contributed by atoms with Gasteiger partial charge in [0.05, 0.1) is 18.7 Å². The Morgan fingerprint density at radius 2 is 2.33 bits per heavy atom. The number of methoxy groups -OCH3 is 1. The molecule has 0 fully saturated rings. The summed E-state index contributed by atoms with van der Waals surface area (Å²) in [6.45, 7) is 0. The Bertz CT molecular complexity index is 770. The van der Waals surface area contributed by atoms with Crippen LogP contribution in [0.25, 0.3) is 11.0 Å². The fraction of sp³-hybridized carbons (Fsp3) is 0.231. The van der Waals surface area contributed by atoms with Crippen molar-refractivity contribution in [1.29, 1.82) is 0 Å². The van der Waals surface area contributed by atoms with Gasteiger partial charge in [0.15, 0.2) is 5.65 Å². The minimum absolute atomic E-state index is 0.297. The number of nitrogens with zero attached hydrogens (tertiary/aromatic N) is 4. The molecule has 3 aromatic rings. The number of aryl methyl sites for hydroxylation is 1.